The molecule has 0 bridgehead atoms. The van der Waals surface area contributed by atoms with Gasteiger partial charge in [-0.25, -0.2) is 4.79 Å². The number of nitrogens with two attached hydrogens (primary N) is 1. The van der Waals surface area contributed by atoms with Gasteiger partial charge in [-0.3, -0.25) is 9.36 Å². The molecule has 0 saturated carbocycles. The summed E-state index contributed by atoms with van der Waals surface area (Å²) in [6.07, 6.45) is 0. The van der Waals surface area contributed by atoms with Gasteiger partial charge in [0.05, 0.1) is 16.7 Å². The number of fused-ring (bicyclic) bond motifs is 1. The summed E-state index contributed by atoms with van der Waals surface area (Å²) in [6, 6.07) is 9.23. The molecule has 2 aromatic carbocycles. The molecule has 0 unspecified atom stereocenters. The first-order valence-corrected chi connectivity index (χ1v) is 8.84. The van der Waals surface area contributed by atoms with Gasteiger partial charge in [-0.15, -0.1) is 0 Å². The molecule has 0 spiro atoms. The lowest BCUT2D eigenvalue weighted by molar-refractivity contribution is 0.100. The highest BCUT2D eigenvalue weighted by molar-refractivity contribution is 6.00. The number of amides is 1. The van der Waals surface area contributed by atoms with E-state index in [0.29, 0.717) is 16.8 Å². The zero-order chi connectivity index (χ0) is 20.2. The molecular formula is C21H20N4O3. The summed E-state index contributed by atoms with van der Waals surface area (Å²) in [5, 5.41) is 4.04. The van der Waals surface area contributed by atoms with Gasteiger partial charge in [-0.05, 0) is 61.7 Å². The summed E-state index contributed by atoms with van der Waals surface area (Å²) in [6.45, 7) is 5.69. The third kappa shape index (κ3) is 2.63. The van der Waals surface area contributed by atoms with Gasteiger partial charge in [0.25, 0.3) is 0 Å². The molecule has 0 aliphatic rings. The van der Waals surface area contributed by atoms with Gasteiger partial charge in [0, 0.05) is 23.7 Å². The number of hydrogen-bond acceptors (Lipinski definition) is 4. The zero-order valence-corrected chi connectivity index (χ0v) is 16.1. The quantitative estimate of drug-likeness (QED) is 0.572. The highest BCUT2D eigenvalue weighted by atomic mass is 16.5. The van der Waals surface area contributed by atoms with Gasteiger partial charge in [0.2, 0.25) is 5.91 Å². The normalized spacial score (nSPS) is 11.3. The van der Waals surface area contributed by atoms with Crippen LogP contribution in [-0.4, -0.2) is 20.6 Å². The summed E-state index contributed by atoms with van der Waals surface area (Å²) in [7, 11) is 1.72. The van der Waals surface area contributed by atoms with Crippen molar-refractivity contribution in [2.75, 3.05) is 0 Å². The second-order valence-corrected chi connectivity index (χ2v) is 7.00. The van der Waals surface area contributed by atoms with Crippen molar-refractivity contribution in [3.05, 3.63) is 63.4 Å². The third-order valence-corrected chi connectivity index (χ3v) is 5.13. The molecule has 0 saturated heterocycles. The Kier molecular flexibility index (Phi) is 3.96. The molecule has 0 atom stereocenters. The molecule has 0 fully saturated rings. The van der Waals surface area contributed by atoms with Gasteiger partial charge in [-0.2, -0.15) is 0 Å². The Bertz CT molecular complexity index is 1290. The highest BCUT2D eigenvalue weighted by Gasteiger charge is 2.19. The average Bonchev–Trinajstić information content (AvgIpc) is 3.13. The number of benzene rings is 2. The minimum Gasteiger partial charge on any atom is -0.366 e. The summed E-state index contributed by atoms with van der Waals surface area (Å²) in [4.78, 5) is 26.9. The van der Waals surface area contributed by atoms with Gasteiger partial charge < -0.3 is 15.2 Å². The topological polar surface area (TPSA) is 107 Å². The molecule has 7 nitrogen and oxygen atoms in total. The maximum atomic E-state index is 12.3. The van der Waals surface area contributed by atoms with Crippen LogP contribution in [0.2, 0.25) is 0 Å². The fourth-order valence-corrected chi connectivity index (χ4v) is 3.70. The lowest BCUT2D eigenvalue weighted by Crippen LogP contribution is -2.12. The van der Waals surface area contributed by atoms with E-state index in [1.807, 2.05) is 39.0 Å². The Morgan fingerprint density at radius 2 is 1.89 bits per heavy atom. The van der Waals surface area contributed by atoms with Crippen LogP contribution in [0.3, 0.4) is 0 Å². The molecule has 4 rings (SSSR count). The van der Waals surface area contributed by atoms with Gasteiger partial charge in [0.1, 0.15) is 5.76 Å². The maximum Gasteiger partial charge on any atom is 0.326 e. The van der Waals surface area contributed by atoms with Crippen molar-refractivity contribution in [2.24, 2.45) is 12.8 Å². The number of nitrogens with zero attached hydrogens (tertiary/aromatic N) is 2. The zero-order valence-electron chi connectivity index (χ0n) is 16.1. The number of aryl methyl sites for hydroxylation is 4. The molecule has 142 valence electrons. The number of imidazole rings is 1. The van der Waals surface area contributed by atoms with Crippen LogP contribution < -0.4 is 11.4 Å². The Morgan fingerprint density at radius 1 is 1.14 bits per heavy atom. The van der Waals surface area contributed by atoms with E-state index in [1.165, 1.54) is 0 Å². The molecule has 28 heavy (non-hydrogen) atoms. The van der Waals surface area contributed by atoms with Crippen LogP contribution in [0, 0.1) is 20.8 Å². The maximum absolute atomic E-state index is 12.3. The van der Waals surface area contributed by atoms with Crippen LogP contribution in [0.15, 0.2) is 39.6 Å². The summed E-state index contributed by atoms with van der Waals surface area (Å²) >= 11 is 0. The van der Waals surface area contributed by atoms with Crippen molar-refractivity contribution in [3.8, 4) is 22.3 Å². The predicted molar refractivity (Wildman–Crippen MR) is 107 cm³/mol. The molecule has 7 heteroatoms. The first-order chi connectivity index (χ1) is 13.3. The Hall–Kier alpha value is -3.61. The molecule has 1 amide bonds. The van der Waals surface area contributed by atoms with Crippen molar-refractivity contribution in [1.82, 2.24) is 14.7 Å². The minimum absolute atomic E-state index is 0.212. The number of aromatic nitrogens is 3. The van der Waals surface area contributed by atoms with Crippen molar-refractivity contribution in [3.63, 3.8) is 0 Å². The van der Waals surface area contributed by atoms with E-state index in [4.69, 9.17) is 10.3 Å². The number of carbonyl (C=O) groups excluding carboxylic acids is 1. The standard InChI is InChI=1S/C21H20N4O3/c1-10-5-6-13(20(22)26)7-15(10)16-8-14(18-11(2)24-28-12(18)3)9-17-19(16)25(4)21(27)23-17/h5-9H,1-4H3,(H2,22,26)(H,23,27). The van der Waals surface area contributed by atoms with Crippen molar-refractivity contribution < 1.29 is 9.32 Å². The highest BCUT2D eigenvalue weighted by Crippen LogP contribution is 2.36. The van der Waals surface area contributed by atoms with E-state index in [-0.39, 0.29) is 5.69 Å². The summed E-state index contributed by atoms with van der Waals surface area (Å²) in [5.41, 5.74) is 12.3. The van der Waals surface area contributed by atoms with Crippen molar-refractivity contribution >= 4 is 16.9 Å². The van der Waals surface area contributed by atoms with Crippen molar-refractivity contribution in [2.45, 2.75) is 20.8 Å². The number of carbonyl (C=O) groups is 1. The summed E-state index contributed by atoms with van der Waals surface area (Å²) < 4.78 is 6.89. The fraction of sp³-hybridized carbons (Fsp3) is 0.190. The van der Waals surface area contributed by atoms with Crippen LogP contribution >= 0.6 is 0 Å². The van der Waals surface area contributed by atoms with E-state index in [2.05, 4.69) is 10.1 Å². The minimum atomic E-state index is -0.498. The van der Waals surface area contributed by atoms with E-state index in [0.717, 1.165) is 39.0 Å². The van der Waals surface area contributed by atoms with Crippen LogP contribution in [0.4, 0.5) is 0 Å². The largest absolute Gasteiger partial charge is 0.366 e. The Balaban J connectivity index is 2.12. The van der Waals surface area contributed by atoms with Gasteiger partial charge >= 0.3 is 5.69 Å². The number of H-pyrrole nitrogens is 1. The number of rotatable bonds is 3. The van der Waals surface area contributed by atoms with Crippen LogP contribution in [0.25, 0.3) is 33.3 Å². The van der Waals surface area contributed by atoms with Crippen LogP contribution in [0.5, 0.6) is 0 Å². The van der Waals surface area contributed by atoms with Gasteiger partial charge in [0.15, 0.2) is 0 Å². The monoisotopic (exact) mass is 376 g/mol. The first-order valence-electron chi connectivity index (χ1n) is 8.84. The molecule has 2 heterocycles. The summed E-state index contributed by atoms with van der Waals surface area (Å²) in [5.74, 6) is 0.200. The van der Waals surface area contributed by atoms with E-state index in [1.54, 1.807) is 23.7 Å². The molecule has 2 aromatic heterocycles. The number of hydrogen-bond donors (Lipinski definition) is 2. The van der Waals surface area contributed by atoms with Crippen LogP contribution in [-0.2, 0) is 7.05 Å². The Morgan fingerprint density at radius 3 is 2.54 bits per heavy atom. The molecule has 0 radical (unpaired) electrons. The molecular weight excluding hydrogens is 356 g/mol. The number of aromatic amines is 1. The number of primary amides is 1. The van der Waals surface area contributed by atoms with E-state index < -0.39 is 5.91 Å². The average molecular weight is 376 g/mol. The molecule has 0 aliphatic heterocycles. The smallest absolute Gasteiger partial charge is 0.326 e. The fourth-order valence-electron chi connectivity index (χ4n) is 3.70. The first kappa shape index (κ1) is 17.8. The molecule has 4 aromatic rings. The van der Waals surface area contributed by atoms with Gasteiger partial charge in [-0.1, -0.05) is 11.2 Å². The predicted octanol–water partition coefficient (Wildman–Crippen LogP) is 3.21. The van der Waals surface area contributed by atoms with Crippen LogP contribution in [0.1, 0.15) is 27.4 Å². The lowest BCUT2D eigenvalue weighted by Gasteiger charge is -2.13. The SMILES string of the molecule is Cc1ccc(C(N)=O)cc1-c1cc(-c2c(C)noc2C)cc2[nH]c(=O)n(C)c12. The lowest BCUT2D eigenvalue weighted by atomic mass is 9.93. The third-order valence-electron chi connectivity index (χ3n) is 5.13. The molecule has 3 N–H and O–H groups in total. The van der Waals surface area contributed by atoms with E-state index in [9.17, 15) is 9.59 Å². The second kappa shape index (κ2) is 6.23. The second-order valence-electron chi connectivity index (χ2n) is 7.00. The van der Waals surface area contributed by atoms with Crippen molar-refractivity contribution in [1.29, 1.82) is 0 Å². The number of nitrogens with one attached hydrogen (secondary N) is 1. The Labute approximate surface area is 160 Å². The molecule has 0 aliphatic carbocycles. The van der Waals surface area contributed by atoms with E-state index >= 15 is 0 Å².